The number of carbonyl (C=O) groups is 1. The van der Waals surface area contributed by atoms with E-state index >= 15 is 0 Å². The van der Waals surface area contributed by atoms with Gasteiger partial charge in [0.15, 0.2) is 0 Å². The largest absolute Gasteiger partial charge is 0.368 e. The summed E-state index contributed by atoms with van der Waals surface area (Å²) in [6.07, 6.45) is 4.26. The number of nitrogens with one attached hydrogen (secondary N) is 1. The highest BCUT2D eigenvalue weighted by Gasteiger charge is 2.28. The summed E-state index contributed by atoms with van der Waals surface area (Å²) in [5, 5.41) is 3.02. The zero-order valence-corrected chi connectivity index (χ0v) is 11.9. The van der Waals surface area contributed by atoms with Crippen LogP contribution in [0.15, 0.2) is 0 Å². The Kier molecular flexibility index (Phi) is 8.17. The van der Waals surface area contributed by atoms with Crippen molar-refractivity contribution in [1.29, 1.82) is 0 Å². The van der Waals surface area contributed by atoms with Gasteiger partial charge in [0.2, 0.25) is 5.91 Å². The van der Waals surface area contributed by atoms with Crippen molar-refractivity contribution < 1.29 is 4.79 Å². The molecule has 0 bridgehead atoms. The normalized spacial score (nSPS) is 14.9. The van der Waals surface area contributed by atoms with Crippen LogP contribution in [-0.4, -0.2) is 43.0 Å². The molecule has 102 valence electrons. The lowest BCUT2D eigenvalue weighted by molar-refractivity contribution is -0.123. The van der Waals surface area contributed by atoms with Crippen LogP contribution in [0.25, 0.3) is 0 Å². The smallest absolute Gasteiger partial charge is 0.237 e. The predicted molar refractivity (Wildman–Crippen MR) is 72.9 cm³/mol. The predicted octanol–water partition coefficient (Wildman–Crippen LogP) is 1.35. The van der Waals surface area contributed by atoms with E-state index in [0.29, 0.717) is 0 Å². The molecule has 1 atom stereocenters. The van der Waals surface area contributed by atoms with E-state index in [1.807, 2.05) is 6.92 Å². The van der Waals surface area contributed by atoms with Gasteiger partial charge < -0.3 is 16.0 Å². The SMILES string of the molecule is CCCCN(CC)CCCC(C)(NC)C(N)=O. The Hall–Kier alpha value is -0.610. The average Bonchev–Trinajstić information content (AvgIpc) is 2.32. The topological polar surface area (TPSA) is 58.4 Å². The van der Waals surface area contributed by atoms with Crippen molar-refractivity contribution in [2.45, 2.75) is 52.0 Å². The number of nitrogens with two attached hydrogens (primary N) is 1. The molecular weight excluding hydrogens is 214 g/mol. The maximum absolute atomic E-state index is 11.3. The molecular formula is C13H29N3O. The molecule has 0 aliphatic carbocycles. The van der Waals surface area contributed by atoms with Gasteiger partial charge in [0.25, 0.3) is 0 Å². The summed E-state index contributed by atoms with van der Waals surface area (Å²) in [7, 11) is 1.79. The van der Waals surface area contributed by atoms with Gasteiger partial charge in [-0.3, -0.25) is 4.79 Å². The Balaban J connectivity index is 3.97. The Morgan fingerprint density at radius 2 is 1.88 bits per heavy atom. The summed E-state index contributed by atoms with van der Waals surface area (Å²) in [6.45, 7) is 9.53. The number of amides is 1. The van der Waals surface area contributed by atoms with Gasteiger partial charge >= 0.3 is 0 Å². The summed E-state index contributed by atoms with van der Waals surface area (Å²) in [6, 6.07) is 0. The molecule has 0 aliphatic rings. The molecule has 0 saturated carbocycles. The molecule has 0 aromatic rings. The van der Waals surface area contributed by atoms with Crippen LogP contribution in [-0.2, 0) is 4.79 Å². The van der Waals surface area contributed by atoms with Crippen molar-refractivity contribution in [3.05, 3.63) is 0 Å². The molecule has 0 heterocycles. The van der Waals surface area contributed by atoms with E-state index in [4.69, 9.17) is 5.73 Å². The van der Waals surface area contributed by atoms with Crippen LogP contribution in [0.2, 0.25) is 0 Å². The number of rotatable bonds is 10. The molecule has 0 fully saturated rings. The fraction of sp³-hybridized carbons (Fsp3) is 0.923. The Morgan fingerprint density at radius 1 is 1.29 bits per heavy atom. The Bertz CT molecular complexity index is 221. The summed E-state index contributed by atoms with van der Waals surface area (Å²) in [5.74, 6) is -0.267. The third-order valence-electron chi connectivity index (χ3n) is 3.52. The zero-order chi connectivity index (χ0) is 13.3. The minimum Gasteiger partial charge on any atom is -0.368 e. The van der Waals surface area contributed by atoms with Crippen LogP contribution in [0.3, 0.4) is 0 Å². The summed E-state index contributed by atoms with van der Waals surface area (Å²) >= 11 is 0. The lowest BCUT2D eigenvalue weighted by Crippen LogP contribution is -2.51. The molecule has 0 rings (SSSR count). The number of unbranched alkanes of at least 4 members (excludes halogenated alkanes) is 1. The fourth-order valence-electron chi connectivity index (χ4n) is 1.84. The zero-order valence-electron chi connectivity index (χ0n) is 11.9. The number of nitrogens with zero attached hydrogens (tertiary/aromatic N) is 1. The van der Waals surface area contributed by atoms with Crippen LogP contribution in [0, 0.1) is 0 Å². The third kappa shape index (κ3) is 6.03. The van der Waals surface area contributed by atoms with Gasteiger partial charge in [-0.2, -0.15) is 0 Å². The summed E-state index contributed by atoms with van der Waals surface area (Å²) in [4.78, 5) is 13.7. The fourth-order valence-corrected chi connectivity index (χ4v) is 1.84. The van der Waals surface area contributed by atoms with Gasteiger partial charge in [-0.05, 0) is 52.9 Å². The van der Waals surface area contributed by atoms with Crippen LogP contribution < -0.4 is 11.1 Å². The van der Waals surface area contributed by atoms with Gasteiger partial charge in [-0.1, -0.05) is 20.3 Å². The number of likely N-dealkylation sites (N-methyl/N-ethyl adjacent to an activating group) is 1. The van der Waals surface area contributed by atoms with Gasteiger partial charge in [-0.25, -0.2) is 0 Å². The van der Waals surface area contributed by atoms with Gasteiger partial charge in [-0.15, -0.1) is 0 Å². The minimum atomic E-state index is -0.565. The van der Waals surface area contributed by atoms with E-state index < -0.39 is 5.54 Å². The number of carbonyl (C=O) groups excluding carboxylic acids is 1. The molecule has 0 aromatic carbocycles. The quantitative estimate of drug-likeness (QED) is 0.609. The number of hydrogen-bond acceptors (Lipinski definition) is 3. The van der Waals surface area contributed by atoms with E-state index in [1.54, 1.807) is 7.05 Å². The minimum absolute atomic E-state index is 0.267. The average molecular weight is 243 g/mol. The highest BCUT2D eigenvalue weighted by Crippen LogP contribution is 2.12. The highest BCUT2D eigenvalue weighted by atomic mass is 16.1. The van der Waals surface area contributed by atoms with Crippen LogP contribution in [0.5, 0.6) is 0 Å². The second kappa shape index (κ2) is 8.48. The first-order valence-corrected chi connectivity index (χ1v) is 6.71. The van der Waals surface area contributed by atoms with Crippen molar-refractivity contribution >= 4 is 5.91 Å². The Labute approximate surface area is 106 Å². The van der Waals surface area contributed by atoms with Crippen molar-refractivity contribution in [3.8, 4) is 0 Å². The molecule has 0 aliphatic heterocycles. The second-order valence-corrected chi connectivity index (χ2v) is 4.84. The molecule has 1 unspecified atom stereocenters. The monoisotopic (exact) mass is 243 g/mol. The first kappa shape index (κ1) is 16.4. The van der Waals surface area contributed by atoms with Gasteiger partial charge in [0.05, 0.1) is 5.54 Å². The molecule has 3 N–H and O–H groups in total. The van der Waals surface area contributed by atoms with Gasteiger partial charge in [0.1, 0.15) is 0 Å². The standard InChI is InChI=1S/C13H29N3O/c1-5-7-10-16(6-2)11-8-9-13(3,15-4)12(14)17/h15H,5-11H2,1-4H3,(H2,14,17). The van der Waals surface area contributed by atoms with Gasteiger partial charge in [0, 0.05) is 0 Å². The second-order valence-electron chi connectivity index (χ2n) is 4.84. The maximum Gasteiger partial charge on any atom is 0.237 e. The van der Waals surface area contributed by atoms with Crippen LogP contribution >= 0.6 is 0 Å². The van der Waals surface area contributed by atoms with Crippen molar-refractivity contribution in [2.75, 3.05) is 26.7 Å². The first-order chi connectivity index (χ1) is 8.00. The van der Waals surface area contributed by atoms with Crippen LogP contribution in [0.1, 0.15) is 46.5 Å². The summed E-state index contributed by atoms with van der Waals surface area (Å²) < 4.78 is 0. The van der Waals surface area contributed by atoms with Crippen molar-refractivity contribution in [1.82, 2.24) is 10.2 Å². The molecule has 4 heteroatoms. The highest BCUT2D eigenvalue weighted by molar-refractivity contribution is 5.84. The molecule has 0 saturated heterocycles. The van der Waals surface area contributed by atoms with Crippen molar-refractivity contribution in [3.63, 3.8) is 0 Å². The van der Waals surface area contributed by atoms with E-state index in [1.165, 1.54) is 12.8 Å². The molecule has 4 nitrogen and oxygen atoms in total. The lowest BCUT2D eigenvalue weighted by atomic mass is 9.95. The van der Waals surface area contributed by atoms with E-state index in [0.717, 1.165) is 32.5 Å². The van der Waals surface area contributed by atoms with Crippen molar-refractivity contribution in [2.24, 2.45) is 5.73 Å². The van der Waals surface area contributed by atoms with E-state index in [2.05, 4.69) is 24.1 Å². The van der Waals surface area contributed by atoms with E-state index in [-0.39, 0.29) is 5.91 Å². The third-order valence-corrected chi connectivity index (χ3v) is 3.52. The summed E-state index contributed by atoms with van der Waals surface area (Å²) in [5.41, 5.74) is 4.83. The molecule has 0 aromatic heterocycles. The first-order valence-electron chi connectivity index (χ1n) is 6.71. The lowest BCUT2D eigenvalue weighted by Gasteiger charge is -2.27. The Morgan fingerprint density at radius 3 is 2.29 bits per heavy atom. The number of primary amides is 1. The van der Waals surface area contributed by atoms with Crippen LogP contribution in [0.4, 0.5) is 0 Å². The maximum atomic E-state index is 11.3. The molecule has 0 spiro atoms. The number of hydrogen-bond donors (Lipinski definition) is 2. The molecule has 17 heavy (non-hydrogen) atoms. The molecule has 0 radical (unpaired) electrons. The van der Waals surface area contributed by atoms with E-state index in [9.17, 15) is 4.79 Å². The molecule has 1 amide bonds.